The van der Waals surface area contributed by atoms with Crippen molar-refractivity contribution in [2.75, 3.05) is 23.4 Å². The Balaban J connectivity index is 1.74. The van der Waals surface area contributed by atoms with Gasteiger partial charge in [0.2, 0.25) is 0 Å². The summed E-state index contributed by atoms with van der Waals surface area (Å²) < 4.78 is 85.7. The molecule has 37 heavy (non-hydrogen) atoms. The number of halogens is 6. The zero-order valence-corrected chi connectivity index (χ0v) is 19.6. The van der Waals surface area contributed by atoms with Gasteiger partial charge in [-0.25, -0.2) is 4.79 Å². The highest BCUT2D eigenvalue weighted by atomic mass is 19.4. The summed E-state index contributed by atoms with van der Waals surface area (Å²) in [6, 6.07) is 7.60. The van der Waals surface area contributed by atoms with Crippen molar-refractivity contribution in [1.82, 2.24) is 20.2 Å². The highest BCUT2D eigenvalue weighted by Gasteiger charge is 2.40. The molecular weight excluding hydrogens is 506 g/mol. The molecular formula is C23H22F6N6O2. The number of anilines is 2. The average Bonchev–Trinajstić information content (AvgIpc) is 3.41. The Morgan fingerprint density at radius 1 is 1.08 bits per heavy atom. The zero-order chi connectivity index (χ0) is 27.0. The van der Waals surface area contributed by atoms with E-state index in [9.17, 15) is 31.1 Å². The lowest BCUT2D eigenvalue weighted by Crippen LogP contribution is -2.39. The molecule has 0 radical (unpaired) electrons. The van der Waals surface area contributed by atoms with Crippen LogP contribution in [0.25, 0.3) is 0 Å². The minimum Gasteiger partial charge on any atom is -0.464 e. The van der Waals surface area contributed by atoms with Gasteiger partial charge >= 0.3 is 18.3 Å². The van der Waals surface area contributed by atoms with Crippen molar-refractivity contribution in [3.63, 3.8) is 0 Å². The number of hydrogen-bond acceptors (Lipinski definition) is 7. The molecule has 2 unspecified atom stereocenters. The Kier molecular flexibility index (Phi) is 7.02. The molecule has 2 aromatic carbocycles. The number of nitrogens with zero attached hydrogens (tertiary/aromatic N) is 5. The van der Waals surface area contributed by atoms with E-state index in [1.165, 1.54) is 11.9 Å². The second-order valence-electron chi connectivity index (χ2n) is 8.44. The number of aromatic nitrogens is 4. The van der Waals surface area contributed by atoms with E-state index in [0.29, 0.717) is 17.8 Å². The van der Waals surface area contributed by atoms with Crippen molar-refractivity contribution >= 4 is 17.6 Å². The molecule has 14 heteroatoms. The maximum Gasteiger partial charge on any atom is 0.416 e. The molecule has 1 N–H and O–H groups in total. The van der Waals surface area contributed by atoms with Crippen LogP contribution in [-0.4, -0.2) is 45.4 Å². The maximum atomic E-state index is 13.4. The maximum absolute atomic E-state index is 13.4. The van der Waals surface area contributed by atoms with Crippen molar-refractivity contribution in [3.8, 4) is 0 Å². The van der Waals surface area contributed by atoms with E-state index >= 15 is 0 Å². The van der Waals surface area contributed by atoms with E-state index in [0.717, 1.165) is 10.4 Å². The lowest BCUT2D eigenvalue weighted by molar-refractivity contribution is -0.145. The molecule has 0 aliphatic carbocycles. The number of nitrogens with one attached hydrogen (secondary N) is 1. The monoisotopic (exact) mass is 528 g/mol. The molecule has 0 amide bonds. The quantitative estimate of drug-likeness (QED) is 0.360. The first kappa shape index (κ1) is 26.2. The number of hydrogen-bond donors (Lipinski definition) is 1. The van der Waals surface area contributed by atoms with E-state index in [-0.39, 0.29) is 30.7 Å². The second kappa shape index (κ2) is 9.90. The van der Waals surface area contributed by atoms with E-state index in [1.54, 1.807) is 31.2 Å². The molecule has 2 atom stereocenters. The molecule has 0 fully saturated rings. The number of alkyl halides is 6. The number of aryl methyl sites for hydroxylation is 1. The highest BCUT2D eigenvalue weighted by molar-refractivity contribution is 5.84. The summed E-state index contributed by atoms with van der Waals surface area (Å²) in [7, 11) is 1.47. The zero-order valence-electron chi connectivity index (χ0n) is 19.6. The third-order valence-corrected chi connectivity index (χ3v) is 5.83. The first-order valence-electron chi connectivity index (χ1n) is 11.2. The van der Waals surface area contributed by atoms with Crippen molar-refractivity contribution in [2.24, 2.45) is 7.05 Å². The number of rotatable bonds is 7. The van der Waals surface area contributed by atoms with Gasteiger partial charge in [-0.15, -0.1) is 5.10 Å². The van der Waals surface area contributed by atoms with Gasteiger partial charge in [0, 0.05) is 24.7 Å². The first-order chi connectivity index (χ1) is 17.4. The van der Waals surface area contributed by atoms with Gasteiger partial charge in [0.1, 0.15) is 6.04 Å². The van der Waals surface area contributed by atoms with Gasteiger partial charge in [0.25, 0.3) is 5.95 Å². The molecule has 0 saturated heterocycles. The molecule has 1 aromatic heterocycles. The number of fused-ring (bicyclic) bond motifs is 1. The highest BCUT2D eigenvalue weighted by Crippen LogP contribution is 2.39. The van der Waals surface area contributed by atoms with E-state index in [2.05, 4.69) is 20.7 Å². The SMILES string of the molecule is CCOC(=O)C1Nc2ccccc2C1CN(Cc1cc(C(F)(F)F)cc(C(F)(F)F)c1)c1nnn(C)n1. The number of ether oxygens (including phenoxy) is 1. The van der Waals surface area contributed by atoms with Crippen molar-refractivity contribution in [2.45, 2.75) is 37.8 Å². The van der Waals surface area contributed by atoms with Gasteiger partial charge in [-0.2, -0.15) is 31.1 Å². The Labute approximate surface area is 207 Å². The van der Waals surface area contributed by atoms with Crippen molar-refractivity contribution in [3.05, 3.63) is 64.7 Å². The van der Waals surface area contributed by atoms with Crippen LogP contribution in [0.1, 0.15) is 35.1 Å². The fourth-order valence-corrected chi connectivity index (χ4v) is 4.24. The van der Waals surface area contributed by atoms with Crippen LogP contribution in [0.4, 0.5) is 38.0 Å². The molecule has 1 aliphatic heterocycles. The Morgan fingerprint density at radius 2 is 1.73 bits per heavy atom. The number of benzene rings is 2. The molecule has 2 heterocycles. The summed E-state index contributed by atoms with van der Waals surface area (Å²) in [5, 5.41) is 14.8. The number of para-hydroxylation sites is 1. The molecule has 8 nitrogen and oxygen atoms in total. The molecule has 3 aromatic rings. The van der Waals surface area contributed by atoms with Gasteiger partial charge in [0.15, 0.2) is 0 Å². The van der Waals surface area contributed by atoms with Crippen LogP contribution in [0.5, 0.6) is 0 Å². The second-order valence-corrected chi connectivity index (χ2v) is 8.44. The fraction of sp³-hybridized carbons (Fsp3) is 0.391. The summed E-state index contributed by atoms with van der Waals surface area (Å²) in [4.78, 5) is 15.2. The van der Waals surface area contributed by atoms with Crippen molar-refractivity contribution in [1.29, 1.82) is 0 Å². The van der Waals surface area contributed by atoms with Gasteiger partial charge in [-0.3, -0.25) is 0 Å². The van der Waals surface area contributed by atoms with Gasteiger partial charge in [-0.05, 0) is 47.5 Å². The summed E-state index contributed by atoms with van der Waals surface area (Å²) in [6.45, 7) is 1.33. The van der Waals surface area contributed by atoms with Crippen LogP contribution in [-0.2, 0) is 35.5 Å². The Hall–Kier alpha value is -3.84. The predicted octanol–water partition coefficient (Wildman–Crippen LogP) is 4.40. The summed E-state index contributed by atoms with van der Waals surface area (Å²) >= 11 is 0. The van der Waals surface area contributed by atoms with Crippen LogP contribution in [0.3, 0.4) is 0 Å². The molecule has 0 spiro atoms. The lowest BCUT2D eigenvalue weighted by atomic mass is 9.94. The normalized spacial score (nSPS) is 17.3. The van der Waals surface area contributed by atoms with Crippen LogP contribution in [0.15, 0.2) is 42.5 Å². The third-order valence-electron chi connectivity index (χ3n) is 5.83. The van der Waals surface area contributed by atoms with Gasteiger partial charge in [-0.1, -0.05) is 23.3 Å². The largest absolute Gasteiger partial charge is 0.464 e. The Bertz CT molecular complexity index is 1240. The predicted molar refractivity (Wildman–Crippen MR) is 120 cm³/mol. The smallest absolute Gasteiger partial charge is 0.416 e. The lowest BCUT2D eigenvalue weighted by Gasteiger charge is -2.27. The standard InChI is InChI=1S/C23H22F6N6O2/c1-3-37-20(36)19-17(16-6-4-5-7-18(16)30-19)12-35(21-31-33-34(2)32-21)11-13-8-14(22(24,25)26)10-15(9-13)23(27,28)29/h4-10,17,19,30H,3,11-12H2,1-2H3. The van der Waals surface area contributed by atoms with Crippen LogP contribution < -0.4 is 10.2 Å². The van der Waals surface area contributed by atoms with E-state index in [1.807, 2.05) is 0 Å². The van der Waals surface area contributed by atoms with E-state index < -0.39 is 48.0 Å². The molecule has 4 rings (SSSR count). The van der Waals surface area contributed by atoms with Gasteiger partial charge < -0.3 is 15.0 Å². The molecule has 1 aliphatic rings. The number of esters is 1. The number of carbonyl (C=O) groups is 1. The van der Waals surface area contributed by atoms with Crippen LogP contribution in [0, 0.1) is 0 Å². The molecule has 0 bridgehead atoms. The average molecular weight is 528 g/mol. The first-order valence-corrected chi connectivity index (χ1v) is 11.2. The third kappa shape index (κ3) is 5.78. The minimum absolute atomic E-state index is 0.0274. The minimum atomic E-state index is -4.99. The summed E-state index contributed by atoms with van der Waals surface area (Å²) in [5.74, 6) is -1.15. The van der Waals surface area contributed by atoms with Crippen LogP contribution >= 0.6 is 0 Å². The topological polar surface area (TPSA) is 85.2 Å². The van der Waals surface area contributed by atoms with Crippen molar-refractivity contribution < 1.29 is 35.9 Å². The Morgan fingerprint density at radius 3 is 2.30 bits per heavy atom. The molecule has 0 saturated carbocycles. The van der Waals surface area contributed by atoms with Gasteiger partial charge in [0.05, 0.1) is 24.8 Å². The summed E-state index contributed by atoms with van der Waals surface area (Å²) in [6.07, 6.45) is -9.98. The van der Waals surface area contributed by atoms with Crippen LogP contribution in [0.2, 0.25) is 0 Å². The number of tetrazole rings is 1. The fourth-order valence-electron chi connectivity index (χ4n) is 4.24. The van der Waals surface area contributed by atoms with E-state index in [4.69, 9.17) is 4.74 Å². The summed E-state index contributed by atoms with van der Waals surface area (Å²) in [5.41, 5.74) is -1.73. The number of carbonyl (C=O) groups excluding carboxylic acids is 1. The molecule has 198 valence electrons.